The van der Waals surface area contributed by atoms with Gasteiger partial charge >= 0.3 is 0 Å². The molecule has 0 heterocycles. The number of carbonyl (C=O) groups is 2. The molecule has 1 atom stereocenters. The third kappa shape index (κ3) is 4.61. The summed E-state index contributed by atoms with van der Waals surface area (Å²) in [4.78, 5) is 23.1. The van der Waals surface area contributed by atoms with Gasteiger partial charge in [0.25, 0.3) is 5.91 Å². The summed E-state index contributed by atoms with van der Waals surface area (Å²) in [6, 6.07) is 11.0. The minimum atomic E-state index is -0.774. The zero-order valence-electron chi connectivity index (χ0n) is 12.2. The molecule has 2 amide bonds. The van der Waals surface area contributed by atoms with Crippen LogP contribution in [0.3, 0.4) is 0 Å². The molecule has 23 heavy (non-hydrogen) atoms. The number of hydrogen-bond acceptors (Lipinski definition) is 3. The van der Waals surface area contributed by atoms with Gasteiger partial charge in [0.15, 0.2) is 6.10 Å². The molecule has 2 rings (SSSR count). The largest absolute Gasteiger partial charge is 0.479 e. The fraction of sp³-hybridized carbons (Fsp3) is 0.125. The number of nitrogens with two attached hydrogens (primary N) is 1. The Morgan fingerprint density at radius 3 is 2.35 bits per heavy atom. The fourth-order valence-corrected chi connectivity index (χ4v) is 2.23. The second-order valence-corrected chi connectivity index (χ2v) is 5.61. The van der Waals surface area contributed by atoms with Gasteiger partial charge in [-0.25, -0.2) is 0 Å². The first kappa shape index (κ1) is 17.1. The molecule has 7 heteroatoms. The third-order valence-corrected chi connectivity index (χ3v) is 3.53. The second kappa shape index (κ2) is 7.35. The van der Waals surface area contributed by atoms with Gasteiger partial charge < -0.3 is 15.8 Å². The molecule has 2 aromatic rings. The van der Waals surface area contributed by atoms with Gasteiger partial charge in [-0.2, -0.15) is 0 Å². The van der Waals surface area contributed by atoms with Crippen LogP contribution < -0.4 is 15.8 Å². The lowest BCUT2D eigenvalue weighted by molar-refractivity contribution is -0.122. The van der Waals surface area contributed by atoms with Crippen molar-refractivity contribution in [3.05, 3.63) is 58.1 Å². The summed E-state index contributed by atoms with van der Waals surface area (Å²) in [7, 11) is 0. The summed E-state index contributed by atoms with van der Waals surface area (Å²) in [6.07, 6.45) is -0.774. The van der Waals surface area contributed by atoms with Gasteiger partial charge in [0.2, 0.25) is 5.91 Å². The van der Waals surface area contributed by atoms with Crippen LogP contribution in [0.5, 0.6) is 5.75 Å². The number of carbonyl (C=O) groups excluding carboxylic acids is 2. The molecule has 0 radical (unpaired) electrons. The van der Waals surface area contributed by atoms with E-state index in [9.17, 15) is 9.59 Å². The molecule has 0 spiro atoms. The van der Waals surface area contributed by atoms with E-state index in [1.54, 1.807) is 31.2 Å². The molecular weight excluding hydrogens is 339 g/mol. The lowest BCUT2D eigenvalue weighted by Gasteiger charge is -2.16. The van der Waals surface area contributed by atoms with Crippen molar-refractivity contribution in [1.82, 2.24) is 0 Å². The van der Waals surface area contributed by atoms with E-state index < -0.39 is 12.0 Å². The Morgan fingerprint density at radius 2 is 1.78 bits per heavy atom. The number of benzene rings is 2. The average molecular weight is 353 g/mol. The molecule has 5 nitrogen and oxygen atoms in total. The number of ether oxygens (including phenoxy) is 1. The van der Waals surface area contributed by atoms with Crippen LogP contribution in [0.25, 0.3) is 0 Å². The summed E-state index contributed by atoms with van der Waals surface area (Å²) in [5, 5.41) is 3.48. The molecule has 2 aromatic carbocycles. The molecule has 3 N–H and O–H groups in total. The maximum Gasteiger partial charge on any atom is 0.265 e. The number of primary amides is 1. The summed E-state index contributed by atoms with van der Waals surface area (Å²) in [6.45, 7) is 1.60. The van der Waals surface area contributed by atoms with Crippen LogP contribution in [0.4, 0.5) is 5.69 Å². The van der Waals surface area contributed by atoms with Crippen molar-refractivity contribution in [1.29, 1.82) is 0 Å². The quantitative estimate of drug-likeness (QED) is 0.863. The molecular formula is C16H14Cl2N2O3. The van der Waals surface area contributed by atoms with Gasteiger partial charge in [-0.05, 0) is 49.4 Å². The van der Waals surface area contributed by atoms with Crippen LogP contribution in [-0.4, -0.2) is 17.9 Å². The highest BCUT2D eigenvalue weighted by molar-refractivity contribution is 6.35. The van der Waals surface area contributed by atoms with Crippen molar-refractivity contribution >= 4 is 40.7 Å². The Hall–Kier alpha value is -2.24. The van der Waals surface area contributed by atoms with Crippen LogP contribution in [-0.2, 0) is 4.79 Å². The molecule has 0 aromatic heterocycles. The van der Waals surface area contributed by atoms with Gasteiger partial charge in [0, 0.05) is 16.3 Å². The molecule has 0 bridgehead atoms. The normalized spacial score (nSPS) is 11.6. The first-order valence-electron chi connectivity index (χ1n) is 6.69. The van der Waals surface area contributed by atoms with Crippen molar-refractivity contribution < 1.29 is 14.3 Å². The Kier molecular flexibility index (Phi) is 5.47. The zero-order chi connectivity index (χ0) is 17.0. The summed E-state index contributed by atoms with van der Waals surface area (Å²) in [5.41, 5.74) is 6.04. The minimum Gasteiger partial charge on any atom is -0.479 e. The highest BCUT2D eigenvalue weighted by Gasteiger charge is 2.16. The molecule has 0 saturated heterocycles. The van der Waals surface area contributed by atoms with Gasteiger partial charge in [0.05, 0.1) is 5.02 Å². The lowest BCUT2D eigenvalue weighted by atomic mass is 10.2. The summed E-state index contributed by atoms with van der Waals surface area (Å²) >= 11 is 11.8. The van der Waals surface area contributed by atoms with Crippen molar-refractivity contribution in [3.63, 3.8) is 0 Å². The molecule has 0 saturated carbocycles. The predicted octanol–water partition coefficient (Wildman–Crippen LogP) is 3.50. The molecule has 0 aliphatic heterocycles. The molecule has 0 fully saturated rings. The van der Waals surface area contributed by atoms with Crippen molar-refractivity contribution in [3.8, 4) is 5.75 Å². The van der Waals surface area contributed by atoms with Crippen LogP contribution in [0.2, 0.25) is 10.0 Å². The van der Waals surface area contributed by atoms with E-state index in [2.05, 4.69) is 5.32 Å². The number of rotatable bonds is 5. The summed E-state index contributed by atoms with van der Waals surface area (Å²) in [5.74, 6) is -0.525. The van der Waals surface area contributed by atoms with Crippen LogP contribution in [0.15, 0.2) is 42.5 Å². The summed E-state index contributed by atoms with van der Waals surface area (Å²) < 4.78 is 5.52. The Balaban J connectivity index is 2.00. The molecule has 0 aliphatic rings. The van der Waals surface area contributed by atoms with E-state index in [0.29, 0.717) is 27.0 Å². The highest BCUT2D eigenvalue weighted by Crippen LogP contribution is 2.28. The van der Waals surface area contributed by atoms with Crippen molar-refractivity contribution in [2.24, 2.45) is 5.73 Å². The van der Waals surface area contributed by atoms with Crippen molar-refractivity contribution in [2.45, 2.75) is 13.0 Å². The number of nitrogens with one attached hydrogen (secondary N) is 1. The van der Waals surface area contributed by atoms with E-state index in [1.165, 1.54) is 18.2 Å². The van der Waals surface area contributed by atoms with E-state index in [-0.39, 0.29) is 5.91 Å². The maximum atomic E-state index is 12.1. The SMILES string of the molecule is C[C@H](Oc1ccc(Cl)cc1Cl)C(=O)Nc1ccc(C(N)=O)cc1. The Morgan fingerprint density at radius 1 is 1.13 bits per heavy atom. The highest BCUT2D eigenvalue weighted by atomic mass is 35.5. The van der Waals surface area contributed by atoms with Crippen LogP contribution in [0, 0.1) is 0 Å². The monoisotopic (exact) mass is 352 g/mol. The van der Waals surface area contributed by atoms with Crippen LogP contribution in [0.1, 0.15) is 17.3 Å². The van der Waals surface area contributed by atoms with Gasteiger partial charge in [-0.3, -0.25) is 9.59 Å². The van der Waals surface area contributed by atoms with Crippen molar-refractivity contribution in [2.75, 3.05) is 5.32 Å². The second-order valence-electron chi connectivity index (χ2n) is 4.77. The molecule has 120 valence electrons. The zero-order valence-corrected chi connectivity index (χ0v) is 13.7. The smallest absolute Gasteiger partial charge is 0.265 e. The lowest BCUT2D eigenvalue weighted by Crippen LogP contribution is -2.30. The van der Waals surface area contributed by atoms with Gasteiger partial charge in [-0.1, -0.05) is 23.2 Å². The van der Waals surface area contributed by atoms with Gasteiger partial charge in [-0.15, -0.1) is 0 Å². The number of anilines is 1. The van der Waals surface area contributed by atoms with E-state index in [4.69, 9.17) is 33.7 Å². The molecule has 0 unspecified atom stereocenters. The van der Waals surface area contributed by atoms with E-state index in [1.807, 2.05) is 0 Å². The number of hydrogen-bond donors (Lipinski definition) is 2. The average Bonchev–Trinajstić information content (AvgIpc) is 2.50. The maximum absolute atomic E-state index is 12.1. The third-order valence-electron chi connectivity index (χ3n) is 3.00. The van der Waals surface area contributed by atoms with E-state index >= 15 is 0 Å². The standard InChI is InChI=1S/C16H14Cl2N2O3/c1-9(23-14-7-4-11(17)8-13(14)18)16(22)20-12-5-2-10(3-6-12)15(19)21/h2-9H,1H3,(H2,19,21)(H,20,22)/t9-/m0/s1. The Bertz CT molecular complexity index is 733. The minimum absolute atomic E-state index is 0.322. The Labute approximate surface area is 143 Å². The molecule has 0 aliphatic carbocycles. The van der Waals surface area contributed by atoms with Crippen LogP contribution >= 0.6 is 23.2 Å². The first-order chi connectivity index (χ1) is 10.9. The van der Waals surface area contributed by atoms with Gasteiger partial charge in [0.1, 0.15) is 5.75 Å². The number of amides is 2. The topological polar surface area (TPSA) is 81.4 Å². The van der Waals surface area contributed by atoms with E-state index in [0.717, 1.165) is 0 Å². The fourth-order valence-electron chi connectivity index (χ4n) is 1.78. The first-order valence-corrected chi connectivity index (χ1v) is 7.45. The number of halogens is 2. The predicted molar refractivity (Wildman–Crippen MR) is 90.1 cm³/mol.